The number of pyridine rings is 1. The van der Waals surface area contributed by atoms with Gasteiger partial charge in [-0.05, 0) is 74.6 Å². The van der Waals surface area contributed by atoms with Crippen molar-refractivity contribution in [3.8, 4) is 5.75 Å². The highest BCUT2D eigenvalue weighted by Gasteiger charge is 2.23. The fourth-order valence-corrected chi connectivity index (χ4v) is 4.99. The molecular weight excluding hydrogens is 438 g/mol. The molecule has 4 aromatic rings. The summed E-state index contributed by atoms with van der Waals surface area (Å²) in [5, 5.41) is 6.44. The number of hydrogen-bond donors (Lipinski definition) is 0. The number of carbonyl (C=O) groups excluding carboxylic acids is 1. The van der Waals surface area contributed by atoms with Crippen molar-refractivity contribution in [3.05, 3.63) is 89.1 Å². The number of carbonyl (C=O) groups is 1. The van der Waals surface area contributed by atoms with Crippen LogP contribution in [0.25, 0.3) is 10.8 Å². The van der Waals surface area contributed by atoms with Crippen LogP contribution in [-0.2, 0) is 13.0 Å². The second kappa shape index (κ2) is 10.3. The van der Waals surface area contributed by atoms with E-state index in [1.165, 1.54) is 16.3 Å². The summed E-state index contributed by atoms with van der Waals surface area (Å²) in [4.78, 5) is 19.8. The van der Waals surface area contributed by atoms with Gasteiger partial charge in [0.15, 0.2) is 0 Å². The number of likely N-dealkylation sites (tertiary alicyclic amines) is 1. The largest absolute Gasteiger partial charge is 0.489 e. The summed E-state index contributed by atoms with van der Waals surface area (Å²) in [5.41, 5.74) is 3.74. The molecule has 2 aromatic carbocycles. The zero-order valence-electron chi connectivity index (χ0n) is 20.4. The van der Waals surface area contributed by atoms with Gasteiger partial charge in [-0.1, -0.05) is 35.5 Å². The first-order chi connectivity index (χ1) is 17.1. The Labute approximate surface area is 205 Å². The first-order valence-electron chi connectivity index (χ1n) is 12.3. The quantitative estimate of drug-likeness (QED) is 0.351. The van der Waals surface area contributed by atoms with Crippen LogP contribution in [-0.4, -0.2) is 34.0 Å². The predicted molar refractivity (Wildman–Crippen MR) is 135 cm³/mol. The lowest BCUT2D eigenvalue weighted by Gasteiger charge is -2.21. The standard InChI is InChI=1S/C29H31N3O3/c1-20-28(21(2)35-31-20)19-34-26-10-5-9-23(16-26)29(33)32-13-6-7-22(12-14-32)15-25-18-30-17-24-8-3-4-11-27(24)25/h3-5,8-11,16-18,22H,6-7,12-15,19H2,1-2H3/t22-/m0/s1. The molecule has 2 aromatic heterocycles. The van der Waals surface area contributed by atoms with E-state index in [1.807, 2.05) is 55.4 Å². The van der Waals surface area contributed by atoms with Crippen LogP contribution in [0.3, 0.4) is 0 Å². The van der Waals surface area contributed by atoms with E-state index < -0.39 is 0 Å². The third kappa shape index (κ3) is 5.21. The van der Waals surface area contributed by atoms with Crippen molar-refractivity contribution >= 4 is 16.7 Å². The maximum absolute atomic E-state index is 13.3. The highest BCUT2D eigenvalue weighted by Crippen LogP contribution is 2.27. The first kappa shape index (κ1) is 23.1. The molecule has 0 N–H and O–H groups in total. The lowest BCUT2D eigenvalue weighted by Crippen LogP contribution is -2.32. The van der Waals surface area contributed by atoms with Gasteiger partial charge in [-0.3, -0.25) is 9.78 Å². The number of fused-ring (bicyclic) bond motifs is 1. The van der Waals surface area contributed by atoms with Crippen LogP contribution in [0, 0.1) is 19.8 Å². The molecule has 35 heavy (non-hydrogen) atoms. The number of rotatable bonds is 6. The molecule has 0 spiro atoms. The second-order valence-corrected chi connectivity index (χ2v) is 9.43. The lowest BCUT2D eigenvalue weighted by atomic mass is 9.91. The van der Waals surface area contributed by atoms with Crippen molar-refractivity contribution in [1.82, 2.24) is 15.0 Å². The molecule has 1 amide bonds. The van der Waals surface area contributed by atoms with Crippen molar-refractivity contribution in [2.24, 2.45) is 5.92 Å². The minimum absolute atomic E-state index is 0.0697. The molecular formula is C29H31N3O3. The average molecular weight is 470 g/mol. The van der Waals surface area contributed by atoms with Crippen molar-refractivity contribution in [2.45, 2.75) is 46.1 Å². The van der Waals surface area contributed by atoms with Crippen LogP contribution in [0.5, 0.6) is 5.75 Å². The Morgan fingerprint density at radius 1 is 1.09 bits per heavy atom. The zero-order chi connectivity index (χ0) is 24.2. The molecule has 5 rings (SSSR count). The number of benzene rings is 2. The maximum Gasteiger partial charge on any atom is 0.253 e. The molecule has 1 saturated heterocycles. The average Bonchev–Trinajstić information content (AvgIpc) is 3.06. The molecule has 1 aliphatic heterocycles. The number of hydrogen-bond acceptors (Lipinski definition) is 5. The fourth-order valence-electron chi connectivity index (χ4n) is 4.99. The Morgan fingerprint density at radius 3 is 2.83 bits per heavy atom. The summed E-state index contributed by atoms with van der Waals surface area (Å²) < 4.78 is 11.2. The molecule has 6 heteroatoms. The summed E-state index contributed by atoms with van der Waals surface area (Å²) in [7, 11) is 0. The van der Waals surface area contributed by atoms with Crippen LogP contribution in [0.1, 0.15) is 52.2 Å². The Bertz CT molecular complexity index is 1310. The summed E-state index contributed by atoms with van der Waals surface area (Å²) in [6, 6.07) is 15.9. The molecule has 3 heterocycles. The van der Waals surface area contributed by atoms with E-state index >= 15 is 0 Å². The normalized spacial score (nSPS) is 16.3. The molecule has 0 bridgehead atoms. The second-order valence-electron chi connectivity index (χ2n) is 9.43. The molecule has 0 aliphatic carbocycles. The van der Waals surface area contributed by atoms with Crippen LogP contribution >= 0.6 is 0 Å². The van der Waals surface area contributed by atoms with E-state index in [9.17, 15) is 4.79 Å². The molecule has 6 nitrogen and oxygen atoms in total. The highest BCUT2D eigenvalue weighted by atomic mass is 16.5. The molecule has 0 radical (unpaired) electrons. The number of ether oxygens (including phenoxy) is 1. The van der Waals surface area contributed by atoms with Crippen molar-refractivity contribution in [2.75, 3.05) is 13.1 Å². The number of aromatic nitrogens is 2. The summed E-state index contributed by atoms with van der Waals surface area (Å²) in [6.45, 7) is 5.70. The third-order valence-electron chi connectivity index (χ3n) is 7.04. The van der Waals surface area contributed by atoms with Gasteiger partial charge >= 0.3 is 0 Å². The molecule has 1 atom stereocenters. The Hall–Kier alpha value is -3.67. The Morgan fingerprint density at radius 2 is 1.97 bits per heavy atom. The number of nitrogens with zero attached hydrogens (tertiary/aromatic N) is 3. The van der Waals surface area contributed by atoms with Crippen LogP contribution in [0.15, 0.2) is 65.4 Å². The van der Waals surface area contributed by atoms with Crippen molar-refractivity contribution < 1.29 is 14.1 Å². The van der Waals surface area contributed by atoms with Gasteiger partial charge in [-0.25, -0.2) is 0 Å². The van der Waals surface area contributed by atoms with Gasteiger partial charge in [0.25, 0.3) is 5.91 Å². The SMILES string of the molecule is Cc1noc(C)c1COc1cccc(C(=O)N2CCC[C@H](Cc3cncc4ccccc34)CC2)c1. The maximum atomic E-state index is 13.3. The van der Waals surface area contributed by atoms with Gasteiger partial charge in [-0.2, -0.15) is 0 Å². The fraction of sp³-hybridized carbons (Fsp3) is 0.345. The van der Waals surface area contributed by atoms with Gasteiger partial charge in [0.1, 0.15) is 18.1 Å². The van der Waals surface area contributed by atoms with Crippen LogP contribution in [0.4, 0.5) is 0 Å². The van der Waals surface area contributed by atoms with Gasteiger partial charge < -0.3 is 14.2 Å². The van der Waals surface area contributed by atoms with Gasteiger partial charge in [0, 0.05) is 36.4 Å². The van der Waals surface area contributed by atoms with E-state index in [0.29, 0.717) is 23.8 Å². The van der Waals surface area contributed by atoms with Crippen LogP contribution in [0.2, 0.25) is 0 Å². The smallest absolute Gasteiger partial charge is 0.253 e. The molecule has 1 fully saturated rings. The topological polar surface area (TPSA) is 68.5 Å². The molecule has 0 saturated carbocycles. The number of aryl methyl sites for hydroxylation is 2. The predicted octanol–water partition coefficient (Wildman–Crippen LogP) is 5.90. The molecule has 180 valence electrons. The van der Waals surface area contributed by atoms with E-state index in [0.717, 1.165) is 55.8 Å². The third-order valence-corrected chi connectivity index (χ3v) is 7.04. The number of amides is 1. The molecule has 0 unspecified atom stereocenters. The van der Waals surface area contributed by atoms with E-state index in [1.54, 1.807) is 0 Å². The highest BCUT2D eigenvalue weighted by molar-refractivity contribution is 5.94. The van der Waals surface area contributed by atoms with Gasteiger partial charge in [0.2, 0.25) is 0 Å². The van der Waals surface area contributed by atoms with E-state index in [-0.39, 0.29) is 5.91 Å². The van der Waals surface area contributed by atoms with Crippen molar-refractivity contribution in [1.29, 1.82) is 0 Å². The van der Waals surface area contributed by atoms with Crippen molar-refractivity contribution in [3.63, 3.8) is 0 Å². The zero-order valence-corrected chi connectivity index (χ0v) is 20.4. The monoisotopic (exact) mass is 469 g/mol. The summed E-state index contributed by atoms with van der Waals surface area (Å²) in [6.07, 6.45) is 8.06. The first-order valence-corrected chi connectivity index (χ1v) is 12.3. The van der Waals surface area contributed by atoms with Gasteiger partial charge in [-0.15, -0.1) is 0 Å². The minimum atomic E-state index is 0.0697. The van der Waals surface area contributed by atoms with Gasteiger partial charge in [0.05, 0.1) is 11.3 Å². The van der Waals surface area contributed by atoms with E-state index in [2.05, 4.69) is 34.4 Å². The Kier molecular flexibility index (Phi) is 6.80. The van der Waals surface area contributed by atoms with Crippen LogP contribution < -0.4 is 4.74 Å². The minimum Gasteiger partial charge on any atom is -0.489 e. The Balaban J connectivity index is 1.22. The van der Waals surface area contributed by atoms with E-state index in [4.69, 9.17) is 9.26 Å². The summed E-state index contributed by atoms with van der Waals surface area (Å²) >= 11 is 0. The molecule has 1 aliphatic rings. The lowest BCUT2D eigenvalue weighted by molar-refractivity contribution is 0.0759. The summed E-state index contributed by atoms with van der Waals surface area (Å²) in [5.74, 6) is 2.05.